The van der Waals surface area contributed by atoms with Gasteiger partial charge in [0, 0.05) is 17.1 Å². The van der Waals surface area contributed by atoms with Gasteiger partial charge in [-0.25, -0.2) is 0 Å². The maximum Gasteiger partial charge on any atom is 0.317 e. The number of Topliss-reactive ketones (excluding diaryl/α,β-unsaturated/α-hetero) is 1. The van der Waals surface area contributed by atoms with Crippen molar-refractivity contribution in [3.63, 3.8) is 0 Å². The number of allylic oxidation sites excluding steroid dienone is 2. The summed E-state index contributed by atoms with van der Waals surface area (Å²) in [4.78, 5) is 24.2. The molecule has 0 radical (unpaired) electrons. The predicted octanol–water partition coefficient (Wildman–Crippen LogP) is 2.17. The number of benzene rings is 1. The number of hydrogen-bond donors (Lipinski definition) is 0. The predicted molar refractivity (Wildman–Crippen MR) is 73.6 cm³/mol. The van der Waals surface area contributed by atoms with Gasteiger partial charge < -0.3 is 14.2 Å². The van der Waals surface area contributed by atoms with Crippen molar-refractivity contribution in [1.82, 2.24) is 0 Å². The largest absolute Gasteiger partial charge is 0.469 e. The van der Waals surface area contributed by atoms with Crippen molar-refractivity contribution in [2.45, 2.75) is 26.1 Å². The second-order valence-electron chi connectivity index (χ2n) is 5.19. The number of rotatable bonds is 2. The second kappa shape index (κ2) is 4.91. The lowest BCUT2D eigenvalue weighted by Gasteiger charge is -2.42. The standard InChI is InChI=1S/C16H16O5/c1-8(17)12-9(2)20-16-14(15(18)19-3)13(12)10-6-4-5-7-11(10)21-16/h4-7,13-14,16H,1-3H3/t13-,14-,16-/m1/s1. The molecule has 1 aromatic carbocycles. The average Bonchev–Trinajstić information content (AvgIpc) is 2.45. The van der Waals surface area contributed by atoms with Crippen LogP contribution < -0.4 is 4.74 Å². The number of carbonyl (C=O) groups is 2. The van der Waals surface area contributed by atoms with Crippen LogP contribution in [-0.4, -0.2) is 25.2 Å². The summed E-state index contributed by atoms with van der Waals surface area (Å²) >= 11 is 0. The lowest BCUT2D eigenvalue weighted by Crippen LogP contribution is -2.47. The Morgan fingerprint density at radius 2 is 1.90 bits per heavy atom. The maximum absolute atomic E-state index is 12.1. The molecule has 0 saturated carbocycles. The molecule has 0 aromatic heterocycles. The van der Waals surface area contributed by atoms with Gasteiger partial charge in [-0.3, -0.25) is 9.59 Å². The summed E-state index contributed by atoms with van der Waals surface area (Å²) in [7, 11) is 1.32. The molecule has 0 saturated heterocycles. The van der Waals surface area contributed by atoms with Gasteiger partial charge in [0.05, 0.1) is 7.11 Å². The van der Waals surface area contributed by atoms with Gasteiger partial charge in [-0.1, -0.05) is 18.2 Å². The van der Waals surface area contributed by atoms with Crippen LogP contribution in [0.15, 0.2) is 35.6 Å². The molecule has 0 N–H and O–H groups in total. The van der Waals surface area contributed by atoms with Crippen molar-refractivity contribution in [2.24, 2.45) is 5.92 Å². The Labute approximate surface area is 122 Å². The van der Waals surface area contributed by atoms with E-state index in [2.05, 4.69) is 0 Å². The molecule has 2 bridgehead atoms. The molecule has 2 aliphatic rings. The van der Waals surface area contributed by atoms with Gasteiger partial charge in [0.25, 0.3) is 6.29 Å². The third-order valence-electron chi connectivity index (χ3n) is 3.99. The Balaban J connectivity index is 2.21. The number of methoxy groups -OCH3 is 1. The number of ketones is 1. The van der Waals surface area contributed by atoms with Crippen molar-refractivity contribution in [1.29, 1.82) is 0 Å². The quantitative estimate of drug-likeness (QED) is 0.780. The highest BCUT2D eigenvalue weighted by Crippen LogP contribution is 2.49. The first-order valence-electron chi connectivity index (χ1n) is 6.76. The zero-order valence-corrected chi connectivity index (χ0v) is 12.1. The van der Waals surface area contributed by atoms with Crippen LogP contribution in [0, 0.1) is 5.92 Å². The van der Waals surface area contributed by atoms with Gasteiger partial charge in [-0.2, -0.15) is 0 Å². The van der Waals surface area contributed by atoms with E-state index < -0.39 is 24.1 Å². The Morgan fingerprint density at radius 1 is 1.19 bits per heavy atom. The van der Waals surface area contributed by atoms with Gasteiger partial charge in [-0.15, -0.1) is 0 Å². The molecule has 0 aliphatic carbocycles. The minimum atomic E-state index is -0.763. The molecule has 0 amide bonds. The number of hydrogen-bond acceptors (Lipinski definition) is 5. The van der Waals surface area contributed by atoms with Crippen LogP contribution in [0.25, 0.3) is 0 Å². The number of esters is 1. The fourth-order valence-electron chi connectivity index (χ4n) is 3.13. The van der Waals surface area contributed by atoms with Crippen molar-refractivity contribution < 1.29 is 23.8 Å². The lowest BCUT2D eigenvalue weighted by molar-refractivity contribution is -0.169. The fourth-order valence-corrected chi connectivity index (χ4v) is 3.13. The smallest absolute Gasteiger partial charge is 0.317 e. The van der Waals surface area contributed by atoms with E-state index >= 15 is 0 Å². The van der Waals surface area contributed by atoms with Crippen molar-refractivity contribution >= 4 is 11.8 Å². The van der Waals surface area contributed by atoms with Gasteiger partial charge in [0.2, 0.25) is 0 Å². The summed E-state index contributed by atoms with van der Waals surface area (Å²) < 4.78 is 16.3. The molecule has 0 spiro atoms. The monoisotopic (exact) mass is 288 g/mol. The highest BCUT2D eigenvalue weighted by Gasteiger charge is 2.51. The maximum atomic E-state index is 12.1. The first kappa shape index (κ1) is 13.7. The molecule has 5 nitrogen and oxygen atoms in total. The molecule has 21 heavy (non-hydrogen) atoms. The van der Waals surface area contributed by atoms with Crippen LogP contribution in [0.4, 0.5) is 0 Å². The van der Waals surface area contributed by atoms with E-state index in [1.807, 2.05) is 24.3 Å². The highest BCUT2D eigenvalue weighted by molar-refractivity contribution is 5.97. The van der Waals surface area contributed by atoms with Crippen LogP contribution in [0.3, 0.4) is 0 Å². The molecular weight excluding hydrogens is 272 g/mol. The summed E-state index contributed by atoms with van der Waals surface area (Å²) in [5.41, 5.74) is 1.33. The summed E-state index contributed by atoms with van der Waals surface area (Å²) in [6, 6.07) is 7.38. The molecule has 2 heterocycles. The summed E-state index contributed by atoms with van der Waals surface area (Å²) in [5, 5.41) is 0. The van der Waals surface area contributed by atoms with Gasteiger partial charge in [0.1, 0.15) is 17.4 Å². The summed E-state index contributed by atoms with van der Waals surface area (Å²) in [6.45, 7) is 3.20. The first-order valence-corrected chi connectivity index (χ1v) is 6.76. The van der Waals surface area contributed by atoms with E-state index in [9.17, 15) is 9.59 Å². The first-order chi connectivity index (χ1) is 10.0. The Bertz CT molecular complexity index is 646. The molecular formula is C16H16O5. The summed E-state index contributed by atoms with van der Waals surface area (Å²) in [5.74, 6) is -0.468. The molecule has 0 unspecified atom stereocenters. The second-order valence-corrected chi connectivity index (χ2v) is 5.19. The van der Waals surface area contributed by atoms with E-state index in [1.54, 1.807) is 6.92 Å². The van der Waals surface area contributed by atoms with Crippen molar-refractivity contribution in [2.75, 3.05) is 7.11 Å². The van der Waals surface area contributed by atoms with Crippen LogP contribution in [0.5, 0.6) is 5.75 Å². The van der Waals surface area contributed by atoms with Gasteiger partial charge in [0.15, 0.2) is 5.78 Å². The molecule has 3 rings (SSSR count). The molecule has 2 aliphatic heterocycles. The normalized spacial score (nSPS) is 26.3. The van der Waals surface area contributed by atoms with Crippen LogP contribution in [0.2, 0.25) is 0 Å². The zero-order valence-electron chi connectivity index (χ0n) is 12.1. The van der Waals surface area contributed by atoms with E-state index in [0.29, 0.717) is 17.1 Å². The van der Waals surface area contributed by atoms with Crippen molar-refractivity contribution in [3.05, 3.63) is 41.2 Å². The third-order valence-corrected chi connectivity index (χ3v) is 3.99. The van der Waals surface area contributed by atoms with Crippen molar-refractivity contribution in [3.8, 4) is 5.75 Å². The Kier molecular flexibility index (Phi) is 3.20. The zero-order chi connectivity index (χ0) is 15.1. The van der Waals surface area contributed by atoms with Gasteiger partial charge >= 0.3 is 5.97 Å². The number of para-hydroxylation sites is 1. The topological polar surface area (TPSA) is 61.8 Å². The van der Waals surface area contributed by atoms with Crippen LogP contribution in [-0.2, 0) is 19.1 Å². The molecule has 5 heteroatoms. The van der Waals surface area contributed by atoms with E-state index in [4.69, 9.17) is 14.2 Å². The number of carbonyl (C=O) groups excluding carboxylic acids is 2. The Hall–Kier alpha value is -2.30. The van der Waals surface area contributed by atoms with Gasteiger partial charge in [-0.05, 0) is 19.9 Å². The average molecular weight is 288 g/mol. The minimum Gasteiger partial charge on any atom is -0.469 e. The minimum absolute atomic E-state index is 0.110. The van der Waals surface area contributed by atoms with Crippen LogP contribution in [0.1, 0.15) is 25.3 Å². The number of fused-ring (bicyclic) bond motifs is 4. The fraction of sp³-hybridized carbons (Fsp3) is 0.375. The third kappa shape index (κ3) is 2.00. The Morgan fingerprint density at radius 3 is 2.57 bits per heavy atom. The van der Waals surface area contributed by atoms with E-state index in [-0.39, 0.29) is 5.78 Å². The van der Waals surface area contributed by atoms with E-state index in [0.717, 1.165) is 5.56 Å². The molecule has 1 aromatic rings. The summed E-state index contributed by atoms with van der Waals surface area (Å²) in [6.07, 6.45) is -0.763. The van der Waals surface area contributed by atoms with E-state index in [1.165, 1.54) is 14.0 Å². The lowest BCUT2D eigenvalue weighted by atomic mass is 9.75. The highest BCUT2D eigenvalue weighted by atomic mass is 16.7. The van der Waals surface area contributed by atoms with Crippen LogP contribution >= 0.6 is 0 Å². The molecule has 3 atom stereocenters. The molecule has 0 fully saturated rings. The number of ether oxygens (including phenoxy) is 3. The SMILES string of the molecule is COC(=O)[C@@H]1[C@@H]2OC(C)=C(C(C)=O)[C@H]1c1ccccc1O2. The molecule has 110 valence electrons.